The molecule has 0 fully saturated rings. The molecule has 1 aliphatic heterocycles. The van der Waals surface area contributed by atoms with Crippen LogP contribution in [0.15, 0.2) is 54.0 Å². The Bertz CT molecular complexity index is 1690. The molecule has 5 rings (SSSR count). The normalized spacial score (nSPS) is 12.4. The van der Waals surface area contributed by atoms with Gasteiger partial charge in [0, 0.05) is 32.7 Å². The van der Waals surface area contributed by atoms with Crippen LogP contribution in [0.25, 0.3) is 16.9 Å². The van der Waals surface area contributed by atoms with Crippen LogP contribution in [-0.4, -0.2) is 71.3 Å². The summed E-state index contributed by atoms with van der Waals surface area (Å²) in [5.41, 5.74) is 4.42. The van der Waals surface area contributed by atoms with Crippen molar-refractivity contribution in [2.24, 2.45) is 0 Å². The van der Waals surface area contributed by atoms with Crippen LogP contribution in [0, 0.1) is 0 Å². The molecule has 0 saturated heterocycles. The van der Waals surface area contributed by atoms with Gasteiger partial charge in [0.15, 0.2) is 5.82 Å². The van der Waals surface area contributed by atoms with Crippen molar-refractivity contribution in [3.8, 4) is 11.6 Å². The first kappa shape index (κ1) is 28.2. The smallest absolute Gasteiger partial charge is 0.334 e. The molecule has 0 unspecified atom stereocenters. The molecule has 0 bridgehead atoms. The summed E-state index contributed by atoms with van der Waals surface area (Å²) in [5.74, 6) is 0.644. The Morgan fingerprint density at radius 2 is 2.02 bits per heavy atom. The van der Waals surface area contributed by atoms with Crippen LogP contribution in [0.2, 0.25) is 5.02 Å². The number of halogens is 1. The number of aryl methyl sites for hydroxylation is 2. The summed E-state index contributed by atoms with van der Waals surface area (Å²) in [7, 11) is 7.51. The van der Waals surface area contributed by atoms with Crippen LogP contribution in [0.4, 0.5) is 23.0 Å². The number of ether oxygens (including phenoxy) is 1. The molecule has 1 amide bonds. The quantitative estimate of drug-likeness (QED) is 0.272. The lowest BCUT2D eigenvalue weighted by Gasteiger charge is -2.26. The maximum Gasteiger partial charge on any atom is 0.334 e. The minimum Gasteiger partial charge on any atom is -0.494 e. The lowest BCUT2D eigenvalue weighted by Crippen LogP contribution is -2.29. The summed E-state index contributed by atoms with van der Waals surface area (Å²) < 4.78 is 9.02. The number of anilines is 4. The summed E-state index contributed by atoms with van der Waals surface area (Å²) in [6.45, 7) is 5.74. The molecule has 41 heavy (non-hydrogen) atoms. The number of amides is 1. The first-order valence-electron chi connectivity index (χ1n) is 13.3. The molecule has 2 aromatic heterocycles. The number of likely N-dealkylation sites (N-methyl/N-ethyl adjacent to an activating group) is 2. The van der Waals surface area contributed by atoms with Gasteiger partial charge in [-0.2, -0.15) is 4.98 Å². The Hall–Kier alpha value is -4.35. The fourth-order valence-electron chi connectivity index (χ4n) is 5.03. The van der Waals surface area contributed by atoms with E-state index in [2.05, 4.69) is 32.1 Å². The fourth-order valence-corrected chi connectivity index (χ4v) is 5.21. The molecule has 12 heteroatoms. The number of hydrogen-bond donors (Lipinski definition) is 2. The zero-order valence-electron chi connectivity index (χ0n) is 23.6. The third kappa shape index (κ3) is 5.50. The Labute approximate surface area is 243 Å². The van der Waals surface area contributed by atoms with E-state index >= 15 is 0 Å². The SMILES string of the molecule is C=CC(=O)Nc1cc(Nc2ncc(Cl)c(-n3c(=O)n4c5c(cccc53)CCC4)n2)c(OC)cc1N(C)CCN(C)C. The highest BCUT2D eigenvalue weighted by Gasteiger charge is 2.23. The van der Waals surface area contributed by atoms with Crippen LogP contribution in [0.3, 0.4) is 0 Å². The van der Waals surface area contributed by atoms with Crippen molar-refractivity contribution in [2.75, 3.05) is 56.9 Å². The maximum absolute atomic E-state index is 13.5. The largest absolute Gasteiger partial charge is 0.494 e. The number of rotatable bonds is 10. The number of carbonyl (C=O) groups excluding carboxylic acids is 1. The molecular weight excluding hydrogens is 544 g/mol. The average molecular weight is 577 g/mol. The van der Waals surface area contributed by atoms with Gasteiger partial charge in [-0.15, -0.1) is 0 Å². The van der Waals surface area contributed by atoms with Gasteiger partial charge >= 0.3 is 5.69 Å². The van der Waals surface area contributed by atoms with Crippen molar-refractivity contribution in [3.05, 3.63) is 70.3 Å². The highest BCUT2D eigenvalue weighted by Crippen LogP contribution is 2.38. The van der Waals surface area contributed by atoms with Crippen LogP contribution in [0.1, 0.15) is 12.0 Å². The molecule has 4 aromatic rings. The second-order valence-electron chi connectivity index (χ2n) is 10.1. The molecule has 0 atom stereocenters. The zero-order valence-corrected chi connectivity index (χ0v) is 24.3. The summed E-state index contributed by atoms with van der Waals surface area (Å²) in [6, 6.07) is 9.48. The van der Waals surface area contributed by atoms with E-state index in [4.69, 9.17) is 16.3 Å². The number of para-hydroxylation sites is 1. The molecule has 0 aliphatic carbocycles. The lowest BCUT2D eigenvalue weighted by atomic mass is 10.0. The zero-order chi connectivity index (χ0) is 29.3. The van der Waals surface area contributed by atoms with E-state index in [1.807, 2.05) is 50.3 Å². The molecule has 0 radical (unpaired) electrons. The van der Waals surface area contributed by atoms with Crippen molar-refractivity contribution < 1.29 is 9.53 Å². The van der Waals surface area contributed by atoms with E-state index < -0.39 is 0 Å². The molecule has 3 heterocycles. The summed E-state index contributed by atoms with van der Waals surface area (Å²) in [6.07, 6.45) is 4.48. The van der Waals surface area contributed by atoms with E-state index in [0.29, 0.717) is 30.2 Å². The number of hydrogen-bond acceptors (Lipinski definition) is 8. The van der Waals surface area contributed by atoms with Gasteiger partial charge in [-0.1, -0.05) is 30.3 Å². The van der Waals surface area contributed by atoms with Gasteiger partial charge in [-0.25, -0.2) is 14.3 Å². The van der Waals surface area contributed by atoms with Gasteiger partial charge in [-0.3, -0.25) is 9.36 Å². The summed E-state index contributed by atoms with van der Waals surface area (Å²) >= 11 is 6.57. The topological polar surface area (TPSA) is 110 Å². The predicted octanol–water partition coefficient (Wildman–Crippen LogP) is 4.06. The number of nitrogens with one attached hydrogen (secondary N) is 2. The predicted molar refractivity (Wildman–Crippen MR) is 163 cm³/mol. The van der Waals surface area contributed by atoms with Gasteiger partial charge in [0.1, 0.15) is 10.8 Å². The van der Waals surface area contributed by atoms with Gasteiger partial charge in [-0.05, 0) is 50.7 Å². The van der Waals surface area contributed by atoms with Gasteiger partial charge in [0.2, 0.25) is 11.9 Å². The molecule has 2 aromatic carbocycles. The number of imidazole rings is 1. The van der Waals surface area contributed by atoms with Crippen LogP contribution < -0.4 is 26.0 Å². The third-order valence-corrected chi connectivity index (χ3v) is 7.36. The minimum absolute atomic E-state index is 0.198. The minimum atomic E-state index is -0.346. The standard InChI is InChI=1S/C29H33ClN8O3/c1-6-25(39)32-20-15-21(24(41-5)16-23(20)36(4)14-13-35(2)3)33-28-31-17-19(30)27(34-28)38-22-11-7-9-18-10-8-12-37(26(18)22)29(38)40/h6-7,9,11,15-17H,1,8,10,12-14H2,2-5H3,(H,32,39)(H,31,33,34). The number of methoxy groups -OCH3 is 1. The monoisotopic (exact) mass is 576 g/mol. The highest BCUT2D eigenvalue weighted by atomic mass is 35.5. The summed E-state index contributed by atoms with van der Waals surface area (Å²) in [4.78, 5) is 38.9. The van der Waals surface area contributed by atoms with Crippen molar-refractivity contribution >= 4 is 51.6 Å². The Morgan fingerprint density at radius 1 is 1.22 bits per heavy atom. The second kappa shape index (κ2) is 11.6. The first-order valence-corrected chi connectivity index (χ1v) is 13.6. The van der Waals surface area contributed by atoms with Crippen molar-refractivity contribution in [3.63, 3.8) is 0 Å². The number of benzene rings is 2. The average Bonchev–Trinajstić information content (AvgIpc) is 3.25. The van der Waals surface area contributed by atoms with E-state index in [-0.39, 0.29) is 28.4 Å². The van der Waals surface area contributed by atoms with Gasteiger partial charge in [0.25, 0.3) is 0 Å². The van der Waals surface area contributed by atoms with E-state index in [1.54, 1.807) is 17.7 Å². The molecule has 214 valence electrons. The summed E-state index contributed by atoms with van der Waals surface area (Å²) in [5, 5.41) is 6.31. The van der Waals surface area contributed by atoms with Crippen molar-refractivity contribution in [1.82, 2.24) is 24.0 Å². The second-order valence-corrected chi connectivity index (χ2v) is 10.5. The Morgan fingerprint density at radius 3 is 2.76 bits per heavy atom. The first-order chi connectivity index (χ1) is 19.7. The van der Waals surface area contributed by atoms with Crippen molar-refractivity contribution in [2.45, 2.75) is 19.4 Å². The number of aromatic nitrogens is 4. The van der Waals surface area contributed by atoms with E-state index in [0.717, 1.165) is 41.7 Å². The Kier molecular flexibility index (Phi) is 8.00. The molecule has 1 aliphatic rings. The molecule has 2 N–H and O–H groups in total. The maximum atomic E-state index is 13.5. The highest BCUT2D eigenvalue weighted by molar-refractivity contribution is 6.32. The van der Waals surface area contributed by atoms with E-state index in [1.165, 1.54) is 16.8 Å². The van der Waals surface area contributed by atoms with Crippen molar-refractivity contribution in [1.29, 1.82) is 0 Å². The van der Waals surface area contributed by atoms with E-state index in [9.17, 15) is 9.59 Å². The fraction of sp³-hybridized carbons (Fsp3) is 0.310. The molecule has 0 spiro atoms. The van der Waals surface area contributed by atoms with Gasteiger partial charge in [0.05, 0.1) is 41.4 Å². The lowest BCUT2D eigenvalue weighted by molar-refractivity contribution is -0.111. The van der Waals surface area contributed by atoms with Crippen LogP contribution in [0.5, 0.6) is 5.75 Å². The number of carbonyl (C=O) groups is 1. The van der Waals surface area contributed by atoms with Crippen LogP contribution >= 0.6 is 11.6 Å². The third-order valence-electron chi connectivity index (χ3n) is 7.10. The Balaban J connectivity index is 1.56. The molecule has 11 nitrogen and oxygen atoms in total. The number of nitrogens with zero attached hydrogens (tertiary/aromatic N) is 6. The molecule has 0 saturated carbocycles. The molecular formula is C29H33ClN8O3. The van der Waals surface area contributed by atoms with Crippen LogP contribution in [-0.2, 0) is 17.8 Å². The van der Waals surface area contributed by atoms with Gasteiger partial charge < -0.3 is 25.2 Å².